The average Bonchev–Trinajstić information content (AvgIpc) is 2.48. The van der Waals surface area contributed by atoms with Crippen LogP contribution in [0.15, 0.2) is 34.3 Å². The second kappa shape index (κ2) is 6.94. The molecule has 0 bridgehead atoms. The minimum atomic E-state index is -3.57. The Morgan fingerprint density at radius 2 is 2.05 bits per heavy atom. The summed E-state index contributed by atoms with van der Waals surface area (Å²) < 4.78 is 31.9. The maximum Gasteiger partial charge on any atom is 0.243 e. The van der Waals surface area contributed by atoms with Crippen molar-refractivity contribution in [1.29, 1.82) is 0 Å². The first kappa shape index (κ1) is 15.8. The first-order chi connectivity index (χ1) is 10.0. The molecule has 1 heterocycles. The van der Waals surface area contributed by atoms with Gasteiger partial charge in [-0.1, -0.05) is 18.2 Å². The van der Waals surface area contributed by atoms with Gasteiger partial charge in [-0.25, -0.2) is 8.42 Å². The lowest BCUT2D eigenvalue weighted by Gasteiger charge is -2.26. The molecule has 9 heteroatoms. The number of nitrogens with zero attached hydrogens (tertiary/aromatic N) is 2. The molecule has 1 aliphatic rings. The Hall–Kier alpha value is -1.55. The first-order valence-electron chi connectivity index (χ1n) is 6.27. The van der Waals surface area contributed by atoms with E-state index in [0.29, 0.717) is 31.9 Å². The molecule has 0 aromatic heterocycles. The summed E-state index contributed by atoms with van der Waals surface area (Å²) in [6, 6.07) is 6.62. The number of morpholine rings is 1. The summed E-state index contributed by atoms with van der Waals surface area (Å²) in [4.78, 5) is 0.195. The largest absolute Gasteiger partial charge is 0.379 e. The second-order valence-corrected chi connectivity index (χ2v) is 6.63. The number of ether oxygens (including phenoxy) is 1. The predicted molar refractivity (Wildman–Crippen MR) is 83.5 cm³/mol. The fourth-order valence-electron chi connectivity index (χ4n) is 1.91. The maximum atomic E-state index is 12.6. The minimum absolute atomic E-state index is 0.0137. The smallest absolute Gasteiger partial charge is 0.243 e. The molecule has 0 spiro atoms. The Morgan fingerprint density at radius 1 is 1.38 bits per heavy atom. The molecule has 0 aliphatic carbocycles. The number of nitrogens with two attached hydrogens (primary N) is 1. The lowest BCUT2D eigenvalue weighted by atomic mass is 10.2. The third-order valence-electron chi connectivity index (χ3n) is 2.89. The average molecular weight is 328 g/mol. The van der Waals surface area contributed by atoms with Gasteiger partial charge in [0.1, 0.15) is 0 Å². The molecule has 1 aromatic rings. The Balaban J connectivity index is 2.30. The van der Waals surface area contributed by atoms with Gasteiger partial charge in [0.15, 0.2) is 5.11 Å². The van der Waals surface area contributed by atoms with Crippen LogP contribution in [0.3, 0.4) is 0 Å². The molecule has 1 aromatic carbocycles. The van der Waals surface area contributed by atoms with E-state index in [-0.39, 0.29) is 10.0 Å². The van der Waals surface area contributed by atoms with E-state index in [0.717, 1.165) is 0 Å². The van der Waals surface area contributed by atoms with Gasteiger partial charge in [0, 0.05) is 18.7 Å². The topological polar surface area (TPSA) is 97.0 Å². The van der Waals surface area contributed by atoms with E-state index < -0.39 is 10.0 Å². The van der Waals surface area contributed by atoms with Crippen LogP contribution < -0.4 is 11.2 Å². The zero-order valence-corrected chi connectivity index (χ0v) is 12.9. The molecule has 7 nitrogen and oxygen atoms in total. The molecular formula is C12H16N4O3S2. The van der Waals surface area contributed by atoms with Crippen molar-refractivity contribution in [3.05, 3.63) is 29.8 Å². The van der Waals surface area contributed by atoms with Crippen LogP contribution in [-0.2, 0) is 14.8 Å². The Labute approximate surface area is 128 Å². The van der Waals surface area contributed by atoms with Crippen molar-refractivity contribution in [3.63, 3.8) is 0 Å². The van der Waals surface area contributed by atoms with Gasteiger partial charge in [0.05, 0.1) is 24.3 Å². The fraction of sp³-hybridized carbons (Fsp3) is 0.333. The van der Waals surface area contributed by atoms with Crippen LogP contribution in [0.1, 0.15) is 5.56 Å². The highest BCUT2D eigenvalue weighted by Crippen LogP contribution is 2.19. The maximum absolute atomic E-state index is 12.6. The number of nitrogens with one attached hydrogen (secondary N) is 1. The second-order valence-electron chi connectivity index (χ2n) is 4.29. The van der Waals surface area contributed by atoms with Crippen LogP contribution >= 0.6 is 12.2 Å². The molecule has 2 rings (SSSR count). The minimum Gasteiger partial charge on any atom is -0.379 e. The van der Waals surface area contributed by atoms with Crippen LogP contribution in [0.25, 0.3) is 0 Å². The van der Waals surface area contributed by atoms with Crippen molar-refractivity contribution >= 4 is 33.6 Å². The van der Waals surface area contributed by atoms with Gasteiger partial charge in [0.2, 0.25) is 10.0 Å². The van der Waals surface area contributed by atoms with Crippen molar-refractivity contribution < 1.29 is 13.2 Å². The van der Waals surface area contributed by atoms with E-state index in [2.05, 4.69) is 22.7 Å². The lowest BCUT2D eigenvalue weighted by molar-refractivity contribution is 0.0730. The van der Waals surface area contributed by atoms with E-state index in [9.17, 15) is 8.42 Å². The molecule has 1 fully saturated rings. The number of hydrogen-bond donors (Lipinski definition) is 2. The van der Waals surface area contributed by atoms with Gasteiger partial charge in [-0.15, -0.1) is 0 Å². The molecule has 21 heavy (non-hydrogen) atoms. The fourth-order valence-corrected chi connectivity index (χ4v) is 3.54. The highest BCUT2D eigenvalue weighted by molar-refractivity contribution is 7.89. The molecular weight excluding hydrogens is 312 g/mol. The monoisotopic (exact) mass is 328 g/mol. The number of sulfonamides is 1. The number of hydrazone groups is 1. The quantitative estimate of drug-likeness (QED) is 0.454. The zero-order valence-electron chi connectivity index (χ0n) is 11.2. The molecule has 0 atom stereocenters. The molecule has 0 radical (unpaired) electrons. The van der Waals surface area contributed by atoms with E-state index in [1.54, 1.807) is 24.3 Å². The van der Waals surface area contributed by atoms with Gasteiger partial charge in [-0.3, -0.25) is 5.43 Å². The zero-order chi connectivity index (χ0) is 15.3. The van der Waals surface area contributed by atoms with E-state index >= 15 is 0 Å². The summed E-state index contributed by atoms with van der Waals surface area (Å²) in [6.07, 6.45) is 1.38. The summed E-state index contributed by atoms with van der Waals surface area (Å²) in [5, 5.41) is 3.83. The van der Waals surface area contributed by atoms with Crippen molar-refractivity contribution in [1.82, 2.24) is 9.73 Å². The van der Waals surface area contributed by atoms with Crippen LogP contribution in [0.4, 0.5) is 0 Å². The van der Waals surface area contributed by atoms with Crippen LogP contribution in [-0.4, -0.2) is 50.4 Å². The predicted octanol–water partition coefficient (Wildman–Crippen LogP) is -0.125. The standard InChI is InChI=1S/C12H16N4O3S2/c13-12(20)15-14-9-10-3-1-2-4-11(10)21(17,18)16-5-7-19-8-6-16/h1-4,9H,5-8H2,(H3,13,15,20). The molecule has 0 amide bonds. The van der Waals surface area contributed by atoms with Gasteiger partial charge < -0.3 is 10.5 Å². The van der Waals surface area contributed by atoms with Crippen molar-refractivity contribution in [3.8, 4) is 0 Å². The van der Waals surface area contributed by atoms with Gasteiger partial charge >= 0.3 is 0 Å². The highest BCUT2D eigenvalue weighted by Gasteiger charge is 2.27. The molecule has 1 saturated heterocycles. The summed E-state index contributed by atoms with van der Waals surface area (Å²) in [7, 11) is -3.57. The van der Waals surface area contributed by atoms with Gasteiger partial charge in [0.25, 0.3) is 0 Å². The SMILES string of the molecule is NC(=S)NN=Cc1ccccc1S(=O)(=O)N1CCOCC1. The molecule has 3 N–H and O–H groups in total. The van der Waals surface area contributed by atoms with Gasteiger partial charge in [-0.05, 0) is 18.3 Å². The molecule has 1 aliphatic heterocycles. The van der Waals surface area contributed by atoms with E-state index in [4.69, 9.17) is 10.5 Å². The van der Waals surface area contributed by atoms with Crippen molar-refractivity contribution in [2.75, 3.05) is 26.3 Å². The molecule has 114 valence electrons. The van der Waals surface area contributed by atoms with Crippen LogP contribution in [0, 0.1) is 0 Å². The summed E-state index contributed by atoms with van der Waals surface area (Å²) in [5.41, 5.74) is 8.13. The van der Waals surface area contributed by atoms with E-state index in [1.807, 2.05) is 0 Å². The third-order valence-corrected chi connectivity index (χ3v) is 4.95. The summed E-state index contributed by atoms with van der Waals surface area (Å²) in [6.45, 7) is 1.49. The van der Waals surface area contributed by atoms with Crippen molar-refractivity contribution in [2.24, 2.45) is 10.8 Å². The van der Waals surface area contributed by atoms with Crippen molar-refractivity contribution in [2.45, 2.75) is 4.90 Å². The van der Waals surface area contributed by atoms with Crippen LogP contribution in [0.2, 0.25) is 0 Å². The lowest BCUT2D eigenvalue weighted by Crippen LogP contribution is -2.40. The van der Waals surface area contributed by atoms with E-state index in [1.165, 1.54) is 10.5 Å². The van der Waals surface area contributed by atoms with Gasteiger partial charge in [-0.2, -0.15) is 9.41 Å². The van der Waals surface area contributed by atoms with Crippen LogP contribution in [0.5, 0.6) is 0 Å². The number of thiocarbonyl (C=S) groups is 1. The highest BCUT2D eigenvalue weighted by atomic mass is 32.2. The Kier molecular flexibility index (Phi) is 5.23. The number of benzene rings is 1. The molecule has 0 unspecified atom stereocenters. The third kappa shape index (κ3) is 3.97. The summed E-state index contributed by atoms with van der Waals surface area (Å²) in [5.74, 6) is 0. The normalized spacial score (nSPS) is 17.0. The first-order valence-corrected chi connectivity index (χ1v) is 8.12. The molecule has 0 saturated carbocycles. The number of rotatable bonds is 4. The Bertz CT molecular complexity index is 640. The number of hydrogen-bond acceptors (Lipinski definition) is 5. The summed E-state index contributed by atoms with van der Waals surface area (Å²) >= 11 is 4.63. The Morgan fingerprint density at radius 3 is 2.71 bits per heavy atom.